The fourth-order valence-corrected chi connectivity index (χ4v) is 3.81. The molecule has 0 aliphatic heterocycles. The van der Waals surface area contributed by atoms with Crippen LogP contribution in [0.2, 0.25) is 0 Å². The fraction of sp³-hybridized carbons (Fsp3) is 0.143. The van der Waals surface area contributed by atoms with Gasteiger partial charge in [0.05, 0.1) is 5.75 Å². The number of sulfonamides is 2. The van der Waals surface area contributed by atoms with Crippen LogP contribution in [-0.2, 0) is 25.8 Å². The van der Waals surface area contributed by atoms with Gasteiger partial charge in [0.15, 0.2) is 0 Å². The minimum absolute atomic E-state index is 0.184. The molecule has 0 aliphatic carbocycles. The molecule has 0 fully saturated rings. The van der Waals surface area contributed by atoms with E-state index in [1.165, 1.54) is 36.4 Å². The number of anilines is 1. The first kappa shape index (κ1) is 17.4. The van der Waals surface area contributed by atoms with Gasteiger partial charge >= 0.3 is 0 Å². The number of hydrogen-bond acceptors (Lipinski definition) is 4. The number of rotatable bonds is 5. The first-order valence-corrected chi connectivity index (χ1v) is 9.65. The second kappa shape index (κ2) is 6.26. The number of aryl methyl sites for hydroxylation is 1. The Labute approximate surface area is 134 Å². The van der Waals surface area contributed by atoms with Crippen molar-refractivity contribution >= 4 is 25.7 Å². The molecule has 0 spiro atoms. The van der Waals surface area contributed by atoms with E-state index in [2.05, 4.69) is 4.72 Å². The minimum Gasteiger partial charge on any atom is -0.280 e. The molecular formula is C14H15FN2O4S2. The Hall–Kier alpha value is -1.97. The summed E-state index contributed by atoms with van der Waals surface area (Å²) in [6.45, 7) is 1.65. The quantitative estimate of drug-likeness (QED) is 0.849. The monoisotopic (exact) mass is 358 g/mol. The van der Waals surface area contributed by atoms with Gasteiger partial charge in [0.2, 0.25) is 10.0 Å². The lowest BCUT2D eigenvalue weighted by molar-refractivity contribution is 0.569. The lowest BCUT2D eigenvalue weighted by Gasteiger charge is -2.10. The molecule has 9 heteroatoms. The topological polar surface area (TPSA) is 106 Å². The van der Waals surface area contributed by atoms with Gasteiger partial charge in [0.25, 0.3) is 10.0 Å². The SMILES string of the molecule is Cc1ccc(F)c(S(=O)(=O)Nc2ccc(CS(N)(=O)=O)cc2)c1. The Morgan fingerprint density at radius 2 is 1.65 bits per heavy atom. The van der Waals surface area contributed by atoms with Crippen molar-refractivity contribution in [2.45, 2.75) is 17.6 Å². The van der Waals surface area contributed by atoms with Gasteiger partial charge in [-0.1, -0.05) is 18.2 Å². The van der Waals surface area contributed by atoms with E-state index in [4.69, 9.17) is 5.14 Å². The Kier molecular flexibility index (Phi) is 4.73. The van der Waals surface area contributed by atoms with Crippen molar-refractivity contribution in [3.05, 3.63) is 59.4 Å². The molecule has 0 saturated carbocycles. The van der Waals surface area contributed by atoms with Crippen LogP contribution in [0.3, 0.4) is 0 Å². The molecule has 0 saturated heterocycles. The van der Waals surface area contributed by atoms with Crippen LogP contribution in [0.15, 0.2) is 47.4 Å². The van der Waals surface area contributed by atoms with Gasteiger partial charge in [0.1, 0.15) is 10.7 Å². The molecule has 0 bridgehead atoms. The summed E-state index contributed by atoms with van der Waals surface area (Å²) >= 11 is 0. The van der Waals surface area contributed by atoms with E-state index in [1.807, 2.05) is 0 Å². The summed E-state index contributed by atoms with van der Waals surface area (Å²) in [6.07, 6.45) is 0. The Bertz CT molecular complexity index is 924. The van der Waals surface area contributed by atoms with Crippen molar-refractivity contribution in [3.63, 3.8) is 0 Å². The number of halogens is 1. The van der Waals surface area contributed by atoms with E-state index in [-0.39, 0.29) is 11.4 Å². The summed E-state index contributed by atoms with van der Waals surface area (Å²) in [5.41, 5.74) is 1.21. The molecule has 0 aliphatic rings. The standard InChI is InChI=1S/C14H15FN2O4S2/c1-10-2-7-13(15)14(8-10)23(20,21)17-12-5-3-11(4-6-12)9-22(16,18)19/h2-8,17H,9H2,1H3,(H2,16,18,19). The van der Waals surface area contributed by atoms with Crippen LogP contribution in [0.4, 0.5) is 10.1 Å². The highest BCUT2D eigenvalue weighted by Gasteiger charge is 2.19. The van der Waals surface area contributed by atoms with E-state index < -0.39 is 30.8 Å². The lowest BCUT2D eigenvalue weighted by Crippen LogP contribution is -2.16. The van der Waals surface area contributed by atoms with Crippen molar-refractivity contribution in [3.8, 4) is 0 Å². The van der Waals surface area contributed by atoms with Gasteiger partial charge in [-0.25, -0.2) is 26.4 Å². The molecule has 23 heavy (non-hydrogen) atoms. The first-order chi connectivity index (χ1) is 10.6. The molecule has 2 rings (SSSR count). The summed E-state index contributed by atoms with van der Waals surface area (Å²) in [7, 11) is -7.75. The Morgan fingerprint density at radius 3 is 2.22 bits per heavy atom. The van der Waals surface area contributed by atoms with Gasteiger partial charge in [-0.2, -0.15) is 0 Å². The smallest absolute Gasteiger partial charge is 0.264 e. The van der Waals surface area contributed by atoms with Gasteiger partial charge < -0.3 is 0 Å². The van der Waals surface area contributed by atoms with Gasteiger partial charge in [-0.3, -0.25) is 4.72 Å². The maximum atomic E-state index is 13.7. The molecule has 0 radical (unpaired) electrons. The zero-order valence-electron chi connectivity index (χ0n) is 12.2. The van der Waals surface area contributed by atoms with Crippen LogP contribution in [0, 0.1) is 12.7 Å². The zero-order chi connectivity index (χ0) is 17.3. The van der Waals surface area contributed by atoms with Gasteiger partial charge in [-0.05, 0) is 42.3 Å². The molecule has 6 nitrogen and oxygen atoms in total. The molecule has 0 atom stereocenters. The average molecular weight is 358 g/mol. The molecule has 2 aromatic rings. The second-order valence-corrected chi connectivity index (χ2v) is 8.31. The molecular weight excluding hydrogens is 343 g/mol. The van der Waals surface area contributed by atoms with Crippen LogP contribution in [0.25, 0.3) is 0 Å². The van der Waals surface area contributed by atoms with E-state index in [9.17, 15) is 21.2 Å². The largest absolute Gasteiger partial charge is 0.280 e. The lowest BCUT2D eigenvalue weighted by atomic mass is 10.2. The van der Waals surface area contributed by atoms with Crippen LogP contribution >= 0.6 is 0 Å². The molecule has 0 amide bonds. The van der Waals surface area contributed by atoms with Crippen molar-refractivity contribution in [1.82, 2.24) is 0 Å². The summed E-state index contributed by atoms with van der Waals surface area (Å²) in [5.74, 6) is -1.21. The maximum absolute atomic E-state index is 13.7. The second-order valence-electron chi connectivity index (χ2n) is 5.04. The summed E-state index contributed by atoms with van der Waals surface area (Å²) in [4.78, 5) is -0.453. The van der Waals surface area contributed by atoms with E-state index >= 15 is 0 Å². The summed E-state index contributed by atoms with van der Waals surface area (Å²) in [5, 5.41) is 4.93. The van der Waals surface area contributed by atoms with Crippen molar-refractivity contribution in [1.29, 1.82) is 0 Å². The number of nitrogens with two attached hydrogens (primary N) is 1. The normalized spacial score (nSPS) is 12.1. The highest BCUT2D eigenvalue weighted by molar-refractivity contribution is 7.92. The van der Waals surface area contributed by atoms with E-state index in [0.717, 1.165) is 6.07 Å². The van der Waals surface area contributed by atoms with E-state index in [0.29, 0.717) is 11.1 Å². The van der Waals surface area contributed by atoms with E-state index in [1.54, 1.807) is 6.92 Å². The van der Waals surface area contributed by atoms with Crippen LogP contribution in [0.5, 0.6) is 0 Å². The third-order valence-electron chi connectivity index (χ3n) is 2.95. The molecule has 2 aromatic carbocycles. The third-order valence-corrected chi connectivity index (χ3v) is 5.08. The molecule has 3 N–H and O–H groups in total. The van der Waals surface area contributed by atoms with Crippen molar-refractivity contribution < 1.29 is 21.2 Å². The average Bonchev–Trinajstić information content (AvgIpc) is 2.42. The van der Waals surface area contributed by atoms with Crippen LogP contribution < -0.4 is 9.86 Å². The van der Waals surface area contributed by atoms with Gasteiger partial charge in [0, 0.05) is 5.69 Å². The summed E-state index contributed by atoms with van der Waals surface area (Å²) in [6, 6.07) is 9.39. The summed E-state index contributed by atoms with van der Waals surface area (Å²) < 4.78 is 62.4. The molecule has 0 heterocycles. The Balaban J connectivity index is 2.26. The number of hydrogen-bond donors (Lipinski definition) is 2. The highest BCUT2D eigenvalue weighted by atomic mass is 32.2. The molecule has 0 aromatic heterocycles. The predicted octanol–water partition coefficient (Wildman–Crippen LogP) is 1.72. The first-order valence-electron chi connectivity index (χ1n) is 6.45. The van der Waals surface area contributed by atoms with Crippen molar-refractivity contribution in [2.75, 3.05) is 4.72 Å². The fourth-order valence-electron chi connectivity index (χ4n) is 1.93. The third kappa shape index (κ3) is 4.75. The number of primary sulfonamides is 1. The number of benzene rings is 2. The predicted molar refractivity (Wildman–Crippen MR) is 85.2 cm³/mol. The number of nitrogens with one attached hydrogen (secondary N) is 1. The van der Waals surface area contributed by atoms with Crippen LogP contribution in [-0.4, -0.2) is 16.8 Å². The zero-order valence-corrected chi connectivity index (χ0v) is 13.8. The molecule has 124 valence electrons. The maximum Gasteiger partial charge on any atom is 0.264 e. The van der Waals surface area contributed by atoms with Crippen molar-refractivity contribution in [2.24, 2.45) is 5.14 Å². The van der Waals surface area contributed by atoms with Crippen LogP contribution in [0.1, 0.15) is 11.1 Å². The highest BCUT2D eigenvalue weighted by Crippen LogP contribution is 2.20. The molecule has 0 unspecified atom stereocenters. The Morgan fingerprint density at radius 1 is 1.04 bits per heavy atom. The van der Waals surface area contributed by atoms with Gasteiger partial charge in [-0.15, -0.1) is 0 Å². The minimum atomic E-state index is -4.08.